The number of pyridine rings is 1. The highest BCUT2D eigenvalue weighted by Gasteiger charge is 2.33. The number of nitrogens with one attached hydrogen (secondary N) is 1. The number of hydrogen-bond donors (Lipinski definition) is 1. The molecule has 3 aromatic rings. The van der Waals surface area contributed by atoms with Crippen molar-refractivity contribution in [1.29, 1.82) is 0 Å². The summed E-state index contributed by atoms with van der Waals surface area (Å²) in [4.78, 5) is 15.8. The van der Waals surface area contributed by atoms with Crippen molar-refractivity contribution in [3.8, 4) is 17.1 Å². The largest absolute Gasteiger partial charge is 0.473 e. The molecule has 1 N–H and O–H groups in total. The van der Waals surface area contributed by atoms with Crippen molar-refractivity contribution in [3.63, 3.8) is 0 Å². The predicted octanol–water partition coefficient (Wildman–Crippen LogP) is 2.91. The van der Waals surface area contributed by atoms with Gasteiger partial charge in [0.05, 0.1) is 17.8 Å². The normalized spacial score (nSPS) is 19.3. The van der Waals surface area contributed by atoms with Crippen LogP contribution in [-0.4, -0.2) is 61.0 Å². The van der Waals surface area contributed by atoms with Crippen LogP contribution >= 0.6 is 0 Å². The minimum absolute atomic E-state index is 0.349. The van der Waals surface area contributed by atoms with E-state index in [1.54, 1.807) is 12.4 Å². The fraction of sp³-hybridized carbons (Fsp3) is 0.409. The molecule has 0 aliphatic carbocycles. The van der Waals surface area contributed by atoms with Gasteiger partial charge in [0.25, 0.3) is 0 Å². The van der Waals surface area contributed by atoms with Crippen LogP contribution in [0.4, 0.5) is 5.69 Å². The number of morpholine rings is 1. The van der Waals surface area contributed by atoms with Crippen molar-refractivity contribution in [2.45, 2.75) is 18.9 Å². The van der Waals surface area contributed by atoms with Gasteiger partial charge in [0.2, 0.25) is 5.88 Å². The highest BCUT2D eigenvalue weighted by atomic mass is 16.5. The van der Waals surface area contributed by atoms with Crippen LogP contribution in [0, 0.1) is 0 Å². The van der Waals surface area contributed by atoms with Crippen molar-refractivity contribution in [1.82, 2.24) is 20.3 Å². The van der Waals surface area contributed by atoms with Gasteiger partial charge in [-0.05, 0) is 24.6 Å². The molecule has 7 nitrogen and oxygen atoms in total. The number of benzene rings is 1. The Morgan fingerprint density at radius 2 is 1.97 bits per heavy atom. The lowest BCUT2D eigenvalue weighted by molar-refractivity contribution is -0.0926. The summed E-state index contributed by atoms with van der Waals surface area (Å²) in [5.41, 5.74) is 4.03. The summed E-state index contributed by atoms with van der Waals surface area (Å²) >= 11 is 0. The second-order valence-electron chi connectivity index (χ2n) is 7.53. The Balaban J connectivity index is 1.67. The molecule has 0 bridgehead atoms. The molecule has 1 aromatic carbocycles. The van der Waals surface area contributed by atoms with Crippen molar-refractivity contribution in [3.05, 3.63) is 42.7 Å². The summed E-state index contributed by atoms with van der Waals surface area (Å²) in [5.74, 6) is 0.490. The van der Waals surface area contributed by atoms with Gasteiger partial charge in [-0.15, -0.1) is 0 Å². The molecule has 1 aliphatic rings. The van der Waals surface area contributed by atoms with Gasteiger partial charge >= 0.3 is 0 Å². The molecule has 29 heavy (non-hydrogen) atoms. The lowest BCUT2D eigenvalue weighted by Gasteiger charge is -2.36. The Hall–Kier alpha value is -2.77. The number of nitrogens with zero attached hydrogens (tertiary/aromatic N) is 4. The smallest absolute Gasteiger partial charge is 0.242 e. The van der Waals surface area contributed by atoms with Gasteiger partial charge in [0, 0.05) is 50.8 Å². The first-order chi connectivity index (χ1) is 14.1. The van der Waals surface area contributed by atoms with Crippen LogP contribution < -0.4 is 15.0 Å². The third-order valence-corrected chi connectivity index (χ3v) is 5.35. The van der Waals surface area contributed by atoms with E-state index >= 15 is 0 Å². The molecule has 1 atom stereocenters. The van der Waals surface area contributed by atoms with E-state index in [1.807, 2.05) is 20.2 Å². The maximum Gasteiger partial charge on any atom is 0.242 e. The number of rotatable bonds is 6. The Labute approximate surface area is 171 Å². The first kappa shape index (κ1) is 19.5. The van der Waals surface area contributed by atoms with Gasteiger partial charge in [-0.25, -0.2) is 9.97 Å². The summed E-state index contributed by atoms with van der Waals surface area (Å²) in [6.45, 7) is 4.84. The first-order valence-electron chi connectivity index (χ1n) is 9.97. The summed E-state index contributed by atoms with van der Waals surface area (Å²) in [7, 11) is 4.05. The monoisotopic (exact) mass is 393 g/mol. The van der Waals surface area contributed by atoms with Crippen LogP contribution in [0.15, 0.2) is 42.7 Å². The van der Waals surface area contributed by atoms with E-state index < -0.39 is 0 Å². The molecular weight excluding hydrogens is 366 g/mol. The highest BCUT2D eigenvalue weighted by molar-refractivity contribution is 5.83. The molecule has 0 saturated carbocycles. The average Bonchev–Trinajstić information content (AvgIpc) is 2.78. The fourth-order valence-electron chi connectivity index (χ4n) is 3.45. The Morgan fingerprint density at radius 3 is 2.66 bits per heavy atom. The molecule has 152 valence electrons. The number of ether oxygens (including phenoxy) is 2. The van der Waals surface area contributed by atoms with E-state index in [1.165, 1.54) is 0 Å². The topological polar surface area (TPSA) is 72.4 Å². The molecule has 1 aliphatic heterocycles. The Morgan fingerprint density at radius 1 is 1.17 bits per heavy atom. The molecule has 1 saturated heterocycles. The zero-order valence-corrected chi connectivity index (χ0v) is 17.2. The molecule has 2 aromatic heterocycles. The molecule has 1 unspecified atom stereocenters. The van der Waals surface area contributed by atoms with E-state index in [4.69, 9.17) is 14.5 Å². The molecule has 7 heteroatoms. The van der Waals surface area contributed by atoms with Gasteiger partial charge in [-0.2, -0.15) is 0 Å². The molecule has 1 fully saturated rings. The maximum atomic E-state index is 6.19. The van der Waals surface area contributed by atoms with Crippen LogP contribution in [0.2, 0.25) is 0 Å². The van der Waals surface area contributed by atoms with Gasteiger partial charge in [-0.3, -0.25) is 4.98 Å². The minimum Gasteiger partial charge on any atom is -0.473 e. The lowest BCUT2D eigenvalue weighted by atomic mass is 10.0. The standard InChI is InChI=1S/C22H27N5O2/c1-4-22(14-23-11-12-29-22)15-28-21-20-19(24-9-10-25-20)13-18(26-21)16-5-7-17(8-6-16)27(2)3/h5-10,13,23H,4,11-12,14-15H2,1-3H3. The summed E-state index contributed by atoms with van der Waals surface area (Å²) in [5, 5.41) is 3.39. The van der Waals surface area contributed by atoms with Crippen molar-refractivity contribution in [2.75, 3.05) is 45.3 Å². The second kappa shape index (κ2) is 8.31. The summed E-state index contributed by atoms with van der Waals surface area (Å²) in [6, 6.07) is 10.2. The predicted molar refractivity (Wildman–Crippen MR) is 114 cm³/mol. The van der Waals surface area contributed by atoms with Crippen LogP contribution in [-0.2, 0) is 4.74 Å². The van der Waals surface area contributed by atoms with E-state index in [-0.39, 0.29) is 5.60 Å². The molecule has 0 spiro atoms. The van der Waals surface area contributed by atoms with E-state index in [9.17, 15) is 0 Å². The van der Waals surface area contributed by atoms with Gasteiger partial charge in [0.15, 0.2) is 5.52 Å². The summed E-state index contributed by atoms with van der Waals surface area (Å²) in [6.07, 6.45) is 4.21. The third-order valence-electron chi connectivity index (χ3n) is 5.35. The third kappa shape index (κ3) is 4.16. The SMILES string of the molecule is CCC1(COc2nc(-c3ccc(N(C)C)cc3)cc3nccnc23)CNCCO1. The van der Waals surface area contributed by atoms with E-state index in [0.29, 0.717) is 24.6 Å². The molecular formula is C22H27N5O2. The van der Waals surface area contributed by atoms with Crippen molar-refractivity contribution in [2.24, 2.45) is 0 Å². The first-order valence-corrected chi connectivity index (χ1v) is 9.97. The Kier molecular flexibility index (Phi) is 5.60. The lowest BCUT2D eigenvalue weighted by Crippen LogP contribution is -2.53. The zero-order chi connectivity index (χ0) is 20.3. The quantitative estimate of drug-likeness (QED) is 0.690. The van der Waals surface area contributed by atoms with E-state index in [2.05, 4.69) is 51.4 Å². The van der Waals surface area contributed by atoms with Gasteiger partial charge < -0.3 is 19.7 Å². The van der Waals surface area contributed by atoms with Crippen molar-refractivity contribution >= 4 is 16.7 Å². The van der Waals surface area contributed by atoms with Crippen molar-refractivity contribution < 1.29 is 9.47 Å². The van der Waals surface area contributed by atoms with Gasteiger partial charge in [-0.1, -0.05) is 19.1 Å². The van der Waals surface area contributed by atoms with Crippen LogP contribution in [0.5, 0.6) is 5.88 Å². The number of fused-ring (bicyclic) bond motifs is 1. The maximum absolute atomic E-state index is 6.19. The van der Waals surface area contributed by atoms with E-state index in [0.717, 1.165) is 42.0 Å². The molecule has 0 amide bonds. The molecule has 0 radical (unpaired) electrons. The average molecular weight is 393 g/mol. The number of aromatic nitrogens is 3. The van der Waals surface area contributed by atoms with Crippen LogP contribution in [0.1, 0.15) is 13.3 Å². The highest BCUT2D eigenvalue weighted by Crippen LogP contribution is 2.29. The Bertz CT molecular complexity index is 969. The molecule has 3 heterocycles. The van der Waals surface area contributed by atoms with Gasteiger partial charge in [0.1, 0.15) is 12.2 Å². The number of hydrogen-bond acceptors (Lipinski definition) is 7. The van der Waals surface area contributed by atoms with Crippen LogP contribution in [0.25, 0.3) is 22.3 Å². The fourth-order valence-corrected chi connectivity index (χ4v) is 3.45. The van der Waals surface area contributed by atoms with Crippen LogP contribution in [0.3, 0.4) is 0 Å². The minimum atomic E-state index is -0.349. The molecule has 4 rings (SSSR count). The number of anilines is 1. The zero-order valence-electron chi connectivity index (χ0n) is 17.2. The second-order valence-corrected chi connectivity index (χ2v) is 7.53. The summed E-state index contributed by atoms with van der Waals surface area (Å²) < 4.78 is 12.2.